The van der Waals surface area contributed by atoms with Crippen LogP contribution in [-0.2, 0) is 24.7 Å². The Balaban J connectivity index is 1.92. The number of nitrogens with zero attached hydrogens (tertiary/aromatic N) is 4. The van der Waals surface area contributed by atoms with E-state index in [1.54, 1.807) is 7.05 Å². The van der Waals surface area contributed by atoms with E-state index in [4.69, 9.17) is 10.7 Å². The van der Waals surface area contributed by atoms with Crippen molar-refractivity contribution in [3.05, 3.63) is 74.7 Å². The van der Waals surface area contributed by atoms with Crippen LogP contribution in [-0.4, -0.2) is 19.8 Å². The Labute approximate surface area is 163 Å². The molecule has 1 aliphatic rings. The molecule has 2 aromatic carbocycles. The van der Waals surface area contributed by atoms with Crippen LogP contribution in [0.2, 0.25) is 0 Å². The van der Waals surface area contributed by atoms with Crippen LogP contribution in [0.3, 0.4) is 0 Å². The third kappa shape index (κ3) is 2.93. The first-order chi connectivity index (χ1) is 13.5. The maximum Gasteiger partial charge on any atom is 0.368 e. The molecule has 3 aromatic rings. The van der Waals surface area contributed by atoms with E-state index in [1.807, 2.05) is 32.0 Å². The van der Waals surface area contributed by atoms with Crippen LogP contribution in [0.15, 0.2) is 41.2 Å². The molecule has 0 spiro atoms. The second-order valence-electron chi connectivity index (χ2n) is 7.17. The standard InChI is InChI=1S/C21H23N5O2/c1-13-6-4-9-18(26-21(27)25(3)23-24-26)19(13)20(28-22)14(2)16-11-10-15-7-5-8-17(15)12-16/h4,6,9-12H,5,7-8,22H2,1-3H3/b20-14+. The van der Waals surface area contributed by atoms with Crippen LogP contribution in [0.5, 0.6) is 0 Å². The van der Waals surface area contributed by atoms with Gasteiger partial charge in [-0.1, -0.05) is 30.3 Å². The summed E-state index contributed by atoms with van der Waals surface area (Å²) in [5.41, 5.74) is 6.66. The van der Waals surface area contributed by atoms with E-state index in [-0.39, 0.29) is 5.69 Å². The Bertz CT molecular complexity index is 1140. The minimum Gasteiger partial charge on any atom is -0.410 e. The Morgan fingerprint density at radius 2 is 1.93 bits per heavy atom. The molecular formula is C21H23N5O2. The fraction of sp³-hybridized carbons (Fsp3) is 0.286. The monoisotopic (exact) mass is 377 g/mol. The highest BCUT2D eigenvalue weighted by Crippen LogP contribution is 2.33. The van der Waals surface area contributed by atoms with Crippen molar-refractivity contribution >= 4 is 11.3 Å². The predicted octanol–water partition coefficient (Wildman–Crippen LogP) is 2.54. The van der Waals surface area contributed by atoms with Crippen molar-refractivity contribution in [3.8, 4) is 5.69 Å². The number of fused-ring (bicyclic) bond motifs is 1. The molecule has 0 unspecified atom stereocenters. The van der Waals surface area contributed by atoms with Crippen molar-refractivity contribution in [3.63, 3.8) is 0 Å². The normalized spacial score (nSPS) is 14.0. The van der Waals surface area contributed by atoms with E-state index >= 15 is 0 Å². The third-order valence-corrected chi connectivity index (χ3v) is 5.42. The molecule has 0 radical (unpaired) electrons. The van der Waals surface area contributed by atoms with Gasteiger partial charge < -0.3 is 4.84 Å². The van der Waals surface area contributed by atoms with E-state index in [0.717, 1.165) is 35.1 Å². The lowest BCUT2D eigenvalue weighted by molar-refractivity contribution is 0.291. The van der Waals surface area contributed by atoms with Gasteiger partial charge in [0.1, 0.15) is 0 Å². The summed E-state index contributed by atoms with van der Waals surface area (Å²) in [4.78, 5) is 17.8. The fourth-order valence-corrected chi connectivity index (χ4v) is 3.86. The van der Waals surface area contributed by atoms with E-state index in [9.17, 15) is 4.79 Å². The van der Waals surface area contributed by atoms with Gasteiger partial charge in [0.15, 0.2) is 5.76 Å². The molecule has 4 rings (SSSR count). The van der Waals surface area contributed by atoms with Gasteiger partial charge in [0, 0.05) is 18.2 Å². The number of aromatic nitrogens is 4. The summed E-state index contributed by atoms with van der Waals surface area (Å²) >= 11 is 0. The summed E-state index contributed by atoms with van der Waals surface area (Å²) in [6, 6.07) is 12.1. The Hall–Kier alpha value is -3.19. The van der Waals surface area contributed by atoms with Crippen LogP contribution < -0.4 is 11.6 Å². The van der Waals surface area contributed by atoms with Gasteiger partial charge in [-0.3, -0.25) is 0 Å². The lowest BCUT2D eigenvalue weighted by Gasteiger charge is -2.17. The number of hydrogen-bond acceptors (Lipinski definition) is 5. The number of benzene rings is 2. The Morgan fingerprint density at radius 3 is 2.64 bits per heavy atom. The third-order valence-electron chi connectivity index (χ3n) is 5.42. The minimum atomic E-state index is -0.335. The van der Waals surface area contributed by atoms with Gasteiger partial charge in [0.05, 0.1) is 5.69 Å². The number of hydrogen-bond donors (Lipinski definition) is 1. The van der Waals surface area contributed by atoms with Crippen molar-refractivity contribution in [2.75, 3.05) is 0 Å². The van der Waals surface area contributed by atoms with Gasteiger partial charge in [-0.2, -0.15) is 15.3 Å². The molecule has 1 aliphatic carbocycles. The van der Waals surface area contributed by atoms with Crippen molar-refractivity contribution in [1.82, 2.24) is 19.8 Å². The SMILES string of the molecule is C/C(=C(\ON)c1c(C)cccc1-n1nnn(C)c1=O)c1ccc2c(c1)CCC2. The second kappa shape index (κ2) is 7.09. The fourth-order valence-electron chi connectivity index (χ4n) is 3.86. The van der Waals surface area contributed by atoms with Gasteiger partial charge in [-0.25, -0.2) is 4.79 Å². The number of nitrogens with two attached hydrogens (primary N) is 1. The molecule has 0 amide bonds. The Morgan fingerprint density at radius 1 is 1.14 bits per heavy atom. The average Bonchev–Trinajstić information content (AvgIpc) is 3.29. The molecule has 0 saturated heterocycles. The molecule has 0 atom stereocenters. The molecule has 28 heavy (non-hydrogen) atoms. The van der Waals surface area contributed by atoms with Gasteiger partial charge in [-0.05, 0) is 71.9 Å². The van der Waals surface area contributed by atoms with E-state index in [2.05, 4.69) is 28.6 Å². The summed E-state index contributed by atoms with van der Waals surface area (Å²) < 4.78 is 2.45. The second-order valence-corrected chi connectivity index (χ2v) is 7.17. The molecule has 0 bridgehead atoms. The van der Waals surface area contributed by atoms with E-state index in [1.165, 1.54) is 26.9 Å². The van der Waals surface area contributed by atoms with Crippen molar-refractivity contribution in [2.24, 2.45) is 12.9 Å². The van der Waals surface area contributed by atoms with Gasteiger partial charge >= 0.3 is 5.69 Å². The highest BCUT2D eigenvalue weighted by molar-refractivity contribution is 5.90. The van der Waals surface area contributed by atoms with Crippen LogP contribution in [0.4, 0.5) is 0 Å². The smallest absolute Gasteiger partial charge is 0.368 e. The quantitative estimate of drug-likeness (QED) is 0.429. The number of aryl methyl sites for hydroxylation is 4. The van der Waals surface area contributed by atoms with E-state index < -0.39 is 0 Å². The zero-order chi connectivity index (χ0) is 19.8. The maximum atomic E-state index is 12.4. The summed E-state index contributed by atoms with van der Waals surface area (Å²) in [7, 11) is 1.56. The zero-order valence-corrected chi connectivity index (χ0v) is 16.3. The van der Waals surface area contributed by atoms with Gasteiger partial charge in [0.25, 0.3) is 0 Å². The molecular weight excluding hydrogens is 354 g/mol. The largest absolute Gasteiger partial charge is 0.410 e. The molecule has 2 N–H and O–H groups in total. The highest BCUT2D eigenvalue weighted by atomic mass is 16.6. The zero-order valence-electron chi connectivity index (χ0n) is 16.3. The molecule has 1 heterocycles. The molecule has 0 aliphatic heterocycles. The summed E-state index contributed by atoms with van der Waals surface area (Å²) in [5.74, 6) is 6.25. The van der Waals surface area contributed by atoms with Crippen LogP contribution in [0, 0.1) is 6.92 Å². The number of tetrazole rings is 1. The molecule has 7 heteroatoms. The first-order valence-corrected chi connectivity index (χ1v) is 9.30. The van der Waals surface area contributed by atoms with Crippen LogP contribution in [0.1, 0.15) is 41.2 Å². The van der Waals surface area contributed by atoms with Crippen molar-refractivity contribution < 1.29 is 4.84 Å². The lowest BCUT2D eigenvalue weighted by atomic mass is 9.96. The first-order valence-electron chi connectivity index (χ1n) is 9.30. The summed E-state index contributed by atoms with van der Waals surface area (Å²) in [6.07, 6.45) is 3.43. The molecule has 1 aromatic heterocycles. The van der Waals surface area contributed by atoms with Gasteiger partial charge in [-0.15, -0.1) is 0 Å². The molecule has 0 saturated carbocycles. The summed E-state index contributed by atoms with van der Waals surface area (Å²) in [6.45, 7) is 3.93. The number of allylic oxidation sites excluding steroid dienone is 1. The molecule has 7 nitrogen and oxygen atoms in total. The lowest BCUT2D eigenvalue weighted by Crippen LogP contribution is -2.23. The van der Waals surface area contributed by atoms with Crippen LogP contribution >= 0.6 is 0 Å². The van der Waals surface area contributed by atoms with E-state index in [0.29, 0.717) is 11.4 Å². The van der Waals surface area contributed by atoms with Crippen LogP contribution in [0.25, 0.3) is 17.0 Å². The number of rotatable bonds is 4. The highest BCUT2D eigenvalue weighted by Gasteiger charge is 2.21. The average molecular weight is 377 g/mol. The Kier molecular flexibility index (Phi) is 4.60. The minimum absolute atomic E-state index is 0.335. The maximum absolute atomic E-state index is 12.4. The predicted molar refractivity (Wildman–Crippen MR) is 108 cm³/mol. The molecule has 0 fully saturated rings. The van der Waals surface area contributed by atoms with Crippen molar-refractivity contribution in [2.45, 2.75) is 33.1 Å². The van der Waals surface area contributed by atoms with Crippen molar-refractivity contribution in [1.29, 1.82) is 0 Å². The molecule has 144 valence electrons. The van der Waals surface area contributed by atoms with Gasteiger partial charge in [0.2, 0.25) is 0 Å². The topological polar surface area (TPSA) is 88.0 Å². The summed E-state index contributed by atoms with van der Waals surface area (Å²) in [5, 5.41) is 7.80. The first kappa shape index (κ1) is 18.2.